The van der Waals surface area contributed by atoms with Crippen LogP contribution in [0.4, 0.5) is 8.78 Å². The van der Waals surface area contributed by atoms with Crippen molar-refractivity contribution in [3.8, 4) is 5.75 Å². The smallest absolute Gasteiger partial charge is 0.387 e. The zero-order valence-electron chi connectivity index (χ0n) is 8.66. The summed E-state index contributed by atoms with van der Waals surface area (Å²) in [6.07, 6.45) is 0. The monoisotopic (exact) mass is 229 g/mol. The summed E-state index contributed by atoms with van der Waals surface area (Å²) in [5, 5.41) is 3.28. The van der Waals surface area contributed by atoms with E-state index in [0.717, 1.165) is 12.1 Å². The van der Waals surface area contributed by atoms with E-state index in [1.165, 1.54) is 12.1 Å². The topological polar surface area (TPSA) is 30.5 Å². The number of hydrogen-bond acceptors (Lipinski definition) is 3. The second kappa shape index (κ2) is 5.23. The Bertz CT molecular complexity index is 323. The number of rotatable bonds is 3. The molecule has 1 aliphatic rings. The van der Waals surface area contributed by atoms with E-state index < -0.39 is 6.61 Å². The Kier molecular flexibility index (Phi) is 3.69. The van der Waals surface area contributed by atoms with Crippen molar-refractivity contribution in [1.29, 1.82) is 0 Å². The highest BCUT2D eigenvalue weighted by Gasteiger charge is 2.15. The maximum Gasteiger partial charge on any atom is 0.387 e. The molecule has 0 amide bonds. The van der Waals surface area contributed by atoms with Crippen LogP contribution < -0.4 is 10.1 Å². The van der Waals surface area contributed by atoms with E-state index in [1.807, 2.05) is 0 Å². The lowest BCUT2D eigenvalue weighted by atomic mass is 10.1. The molecule has 0 bridgehead atoms. The zero-order chi connectivity index (χ0) is 11.4. The molecule has 1 N–H and O–H groups in total. The maximum absolute atomic E-state index is 11.9. The van der Waals surface area contributed by atoms with Crippen LogP contribution in [0.2, 0.25) is 0 Å². The third-order valence-electron chi connectivity index (χ3n) is 2.43. The van der Waals surface area contributed by atoms with Crippen molar-refractivity contribution in [1.82, 2.24) is 5.32 Å². The number of morpholine rings is 1. The van der Waals surface area contributed by atoms with E-state index >= 15 is 0 Å². The van der Waals surface area contributed by atoms with Crippen LogP contribution in [0.15, 0.2) is 24.3 Å². The number of alkyl halides is 2. The molecule has 1 aromatic rings. The average molecular weight is 229 g/mol. The molecular weight excluding hydrogens is 216 g/mol. The molecule has 1 aliphatic heterocycles. The molecule has 0 saturated carbocycles. The summed E-state index contributed by atoms with van der Waals surface area (Å²) in [5.41, 5.74) is 1.02. The van der Waals surface area contributed by atoms with E-state index in [9.17, 15) is 8.78 Å². The van der Waals surface area contributed by atoms with Gasteiger partial charge in [0.2, 0.25) is 0 Å². The molecule has 16 heavy (non-hydrogen) atoms. The van der Waals surface area contributed by atoms with Crippen molar-refractivity contribution < 1.29 is 18.3 Å². The molecule has 2 rings (SSSR count). The molecule has 1 aromatic carbocycles. The van der Waals surface area contributed by atoms with Crippen molar-refractivity contribution in [2.75, 3.05) is 19.8 Å². The Hall–Kier alpha value is -1.20. The molecule has 1 fully saturated rings. The van der Waals surface area contributed by atoms with Crippen LogP contribution in [-0.4, -0.2) is 26.4 Å². The SMILES string of the molecule is FC(F)Oc1ccc(C2COCCN2)cc1. The molecule has 1 unspecified atom stereocenters. The van der Waals surface area contributed by atoms with Gasteiger partial charge in [0, 0.05) is 6.54 Å². The van der Waals surface area contributed by atoms with E-state index in [4.69, 9.17) is 4.74 Å². The zero-order valence-corrected chi connectivity index (χ0v) is 8.66. The molecular formula is C11H13F2NO2. The second-order valence-electron chi connectivity index (χ2n) is 3.53. The molecule has 1 atom stereocenters. The summed E-state index contributed by atoms with van der Waals surface area (Å²) in [5.74, 6) is 0.176. The fourth-order valence-electron chi connectivity index (χ4n) is 1.66. The largest absolute Gasteiger partial charge is 0.435 e. The molecule has 0 spiro atoms. The number of benzene rings is 1. The first-order valence-corrected chi connectivity index (χ1v) is 5.11. The lowest BCUT2D eigenvalue weighted by Crippen LogP contribution is -2.34. The van der Waals surface area contributed by atoms with Gasteiger partial charge >= 0.3 is 6.61 Å². The normalized spacial score (nSPS) is 21.1. The molecule has 0 aromatic heterocycles. The van der Waals surface area contributed by atoms with Crippen LogP contribution in [0.25, 0.3) is 0 Å². The third kappa shape index (κ3) is 2.90. The van der Waals surface area contributed by atoms with Crippen molar-refractivity contribution >= 4 is 0 Å². The van der Waals surface area contributed by atoms with Crippen molar-refractivity contribution in [3.05, 3.63) is 29.8 Å². The third-order valence-corrected chi connectivity index (χ3v) is 2.43. The summed E-state index contributed by atoms with van der Waals surface area (Å²) in [4.78, 5) is 0. The van der Waals surface area contributed by atoms with Crippen LogP contribution in [0.3, 0.4) is 0 Å². The van der Waals surface area contributed by atoms with E-state index in [2.05, 4.69) is 10.1 Å². The first-order valence-electron chi connectivity index (χ1n) is 5.11. The molecule has 1 saturated heterocycles. The quantitative estimate of drug-likeness (QED) is 0.859. The fraction of sp³-hybridized carbons (Fsp3) is 0.455. The summed E-state index contributed by atoms with van der Waals surface area (Å²) < 4.78 is 33.4. The van der Waals surface area contributed by atoms with Gasteiger partial charge < -0.3 is 14.8 Å². The molecule has 5 heteroatoms. The lowest BCUT2D eigenvalue weighted by Gasteiger charge is -2.24. The second-order valence-corrected chi connectivity index (χ2v) is 3.53. The Balaban J connectivity index is 2.00. The van der Waals surface area contributed by atoms with Gasteiger partial charge in [0.25, 0.3) is 0 Å². The minimum atomic E-state index is -2.78. The van der Waals surface area contributed by atoms with E-state index in [0.29, 0.717) is 13.2 Å². The highest BCUT2D eigenvalue weighted by atomic mass is 19.3. The Morgan fingerprint density at radius 1 is 1.31 bits per heavy atom. The van der Waals surface area contributed by atoms with Crippen LogP contribution in [0.5, 0.6) is 5.75 Å². The molecule has 1 heterocycles. The Morgan fingerprint density at radius 3 is 2.62 bits per heavy atom. The van der Waals surface area contributed by atoms with Crippen molar-refractivity contribution in [2.24, 2.45) is 0 Å². The van der Waals surface area contributed by atoms with Crippen LogP contribution in [0, 0.1) is 0 Å². The maximum atomic E-state index is 11.9. The standard InChI is InChI=1S/C11H13F2NO2/c12-11(13)16-9-3-1-8(2-4-9)10-7-15-6-5-14-10/h1-4,10-11,14H,5-7H2. The van der Waals surface area contributed by atoms with Gasteiger partial charge in [0.15, 0.2) is 0 Å². The van der Waals surface area contributed by atoms with Gasteiger partial charge in [-0.05, 0) is 17.7 Å². The first-order chi connectivity index (χ1) is 7.75. The Morgan fingerprint density at radius 2 is 2.06 bits per heavy atom. The van der Waals surface area contributed by atoms with Gasteiger partial charge in [-0.2, -0.15) is 8.78 Å². The highest BCUT2D eigenvalue weighted by Crippen LogP contribution is 2.20. The van der Waals surface area contributed by atoms with Gasteiger partial charge in [0.05, 0.1) is 19.3 Å². The minimum absolute atomic E-state index is 0.134. The van der Waals surface area contributed by atoms with Crippen LogP contribution in [0.1, 0.15) is 11.6 Å². The van der Waals surface area contributed by atoms with Crippen LogP contribution >= 0.6 is 0 Å². The minimum Gasteiger partial charge on any atom is -0.435 e. The summed E-state index contributed by atoms with van der Waals surface area (Å²) in [6, 6.07) is 6.75. The number of nitrogens with one attached hydrogen (secondary N) is 1. The van der Waals surface area contributed by atoms with Crippen molar-refractivity contribution in [2.45, 2.75) is 12.7 Å². The lowest BCUT2D eigenvalue weighted by molar-refractivity contribution is -0.0498. The van der Waals surface area contributed by atoms with Crippen LogP contribution in [-0.2, 0) is 4.74 Å². The van der Waals surface area contributed by atoms with Gasteiger partial charge in [-0.15, -0.1) is 0 Å². The van der Waals surface area contributed by atoms with E-state index in [1.54, 1.807) is 12.1 Å². The number of ether oxygens (including phenoxy) is 2. The first kappa shape index (κ1) is 11.3. The van der Waals surface area contributed by atoms with E-state index in [-0.39, 0.29) is 11.8 Å². The van der Waals surface area contributed by atoms with Crippen molar-refractivity contribution in [3.63, 3.8) is 0 Å². The number of hydrogen-bond donors (Lipinski definition) is 1. The van der Waals surface area contributed by atoms with Gasteiger partial charge in [-0.1, -0.05) is 12.1 Å². The average Bonchev–Trinajstić information content (AvgIpc) is 2.30. The highest BCUT2D eigenvalue weighted by molar-refractivity contribution is 5.29. The molecule has 0 aliphatic carbocycles. The van der Waals surface area contributed by atoms with Gasteiger partial charge in [-0.25, -0.2) is 0 Å². The summed E-state index contributed by atoms with van der Waals surface area (Å²) in [7, 11) is 0. The summed E-state index contributed by atoms with van der Waals surface area (Å²) in [6.45, 7) is -0.653. The molecule has 3 nitrogen and oxygen atoms in total. The predicted molar refractivity (Wildman–Crippen MR) is 54.6 cm³/mol. The van der Waals surface area contributed by atoms with Gasteiger partial charge in [-0.3, -0.25) is 0 Å². The number of halogens is 2. The molecule has 0 radical (unpaired) electrons. The Labute approximate surface area is 92.4 Å². The molecule has 88 valence electrons. The van der Waals surface area contributed by atoms with Gasteiger partial charge in [0.1, 0.15) is 5.75 Å². The summed E-state index contributed by atoms with van der Waals surface area (Å²) >= 11 is 0. The fourth-order valence-corrected chi connectivity index (χ4v) is 1.66. The predicted octanol–water partition coefficient (Wildman–Crippen LogP) is 1.95.